The minimum absolute atomic E-state index is 0.0891. The van der Waals surface area contributed by atoms with E-state index < -0.39 is 17.3 Å². The van der Waals surface area contributed by atoms with Gasteiger partial charge in [0, 0.05) is 24.6 Å². The van der Waals surface area contributed by atoms with Crippen LogP contribution in [0, 0.1) is 10.1 Å². The molecule has 1 aromatic carbocycles. The molecule has 2 atom stereocenters. The molecule has 128 valence electrons. The van der Waals surface area contributed by atoms with Crippen molar-refractivity contribution in [2.45, 2.75) is 38.5 Å². The van der Waals surface area contributed by atoms with Crippen LogP contribution in [0.25, 0.3) is 0 Å². The molecule has 0 amide bonds. The van der Waals surface area contributed by atoms with Gasteiger partial charge >= 0.3 is 0 Å². The monoisotopic (exact) mass is 326 g/mol. The van der Waals surface area contributed by atoms with E-state index in [9.17, 15) is 15.2 Å². The Kier molecular flexibility index (Phi) is 6.00. The standard InChI is InChI=1S/C15H22N2O6/c1-10(2)16-7-12(18)8-21-14-5-3-4-11-6-13(23-17(19)20)9-22-15(11)14/h3-5,10,12-13,16,18H,6-9H2,1-2H3/t12-,13+/m0/s1. The van der Waals surface area contributed by atoms with Crippen LogP contribution in [-0.4, -0.2) is 48.2 Å². The largest absolute Gasteiger partial charge is 0.487 e. The summed E-state index contributed by atoms with van der Waals surface area (Å²) in [6.07, 6.45) is -0.874. The molecule has 0 aromatic heterocycles. The van der Waals surface area contributed by atoms with E-state index in [2.05, 4.69) is 10.2 Å². The van der Waals surface area contributed by atoms with E-state index in [0.717, 1.165) is 5.56 Å². The van der Waals surface area contributed by atoms with E-state index in [-0.39, 0.29) is 19.3 Å². The van der Waals surface area contributed by atoms with Gasteiger partial charge in [-0.3, -0.25) is 0 Å². The molecular weight excluding hydrogens is 304 g/mol. The van der Waals surface area contributed by atoms with Crippen LogP contribution < -0.4 is 14.8 Å². The molecule has 0 spiro atoms. The van der Waals surface area contributed by atoms with Gasteiger partial charge < -0.3 is 24.7 Å². The number of benzene rings is 1. The first kappa shape index (κ1) is 17.3. The van der Waals surface area contributed by atoms with E-state index in [1.807, 2.05) is 19.9 Å². The Morgan fingerprint density at radius 2 is 2.30 bits per heavy atom. The van der Waals surface area contributed by atoms with E-state index in [1.165, 1.54) is 0 Å². The molecule has 2 N–H and O–H groups in total. The zero-order chi connectivity index (χ0) is 16.8. The van der Waals surface area contributed by atoms with Crippen LogP contribution in [0.4, 0.5) is 0 Å². The number of nitrogens with one attached hydrogen (secondary N) is 1. The van der Waals surface area contributed by atoms with E-state index >= 15 is 0 Å². The molecule has 1 aliphatic rings. The van der Waals surface area contributed by atoms with Crippen LogP contribution in [0.2, 0.25) is 0 Å². The lowest BCUT2D eigenvalue weighted by Crippen LogP contribution is -2.35. The fourth-order valence-corrected chi connectivity index (χ4v) is 2.29. The lowest BCUT2D eigenvalue weighted by molar-refractivity contribution is -0.769. The van der Waals surface area contributed by atoms with Gasteiger partial charge in [-0.15, -0.1) is 10.1 Å². The first-order valence-corrected chi connectivity index (χ1v) is 7.55. The number of rotatable bonds is 8. The smallest absolute Gasteiger partial charge is 0.294 e. The molecule has 1 aromatic rings. The van der Waals surface area contributed by atoms with Crippen molar-refractivity contribution in [1.29, 1.82) is 0 Å². The van der Waals surface area contributed by atoms with Crippen molar-refractivity contribution in [1.82, 2.24) is 5.32 Å². The molecule has 0 saturated heterocycles. The number of fused-ring (bicyclic) bond motifs is 1. The van der Waals surface area contributed by atoms with Gasteiger partial charge in [0.1, 0.15) is 25.4 Å². The number of nitrogens with zero attached hydrogens (tertiary/aromatic N) is 1. The summed E-state index contributed by atoms with van der Waals surface area (Å²) in [6.45, 7) is 4.66. The van der Waals surface area contributed by atoms with Crippen molar-refractivity contribution < 1.29 is 24.5 Å². The molecule has 0 bridgehead atoms. The number of ether oxygens (including phenoxy) is 2. The number of aliphatic hydroxyl groups is 1. The average molecular weight is 326 g/mol. The van der Waals surface area contributed by atoms with Crippen molar-refractivity contribution in [3.8, 4) is 11.5 Å². The molecule has 0 aliphatic carbocycles. The molecule has 0 radical (unpaired) electrons. The second-order valence-corrected chi connectivity index (χ2v) is 5.74. The van der Waals surface area contributed by atoms with Crippen molar-refractivity contribution in [2.24, 2.45) is 0 Å². The summed E-state index contributed by atoms with van der Waals surface area (Å²) < 4.78 is 11.2. The van der Waals surface area contributed by atoms with Crippen molar-refractivity contribution in [2.75, 3.05) is 19.8 Å². The Bertz CT molecular complexity index is 537. The number of aliphatic hydroxyl groups excluding tert-OH is 1. The highest BCUT2D eigenvalue weighted by molar-refractivity contribution is 5.48. The SMILES string of the molecule is CC(C)NC[C@H](O)COc1cccc2c1OC[C@H](O[N+](=O)[O-])C2. The quantitative estimate of drug-likeness (QED) is 0.541. The molecule has 0 fully saturated rings. The number of hydrogen-bond donors (Lipinski definition) is 2. The first-order chi connectivity index (χ1) is 11.0. The second kappa shape index (κ2) is 7.98. The van der Waals surface area contributed by atoms with Gasteiger partial charge in [0.25, 0.3) is 5.09 Å². The topological polar surface area (TPSA) is 103 Å². The third kappa shape index (κ3) is 5.26. The van der Waals surface area contributed by atoms with Crippen LogP contribution in [0.3, 0.4) is 0 Å². The summed E-state index contributed by atoms with van der Waals surface area (Å²) in [7, 11) is 0. The Morgan fingerprint density at radius 3 is 3.00 bits per heavy atom. The van der Waals surface area contributed by atoms with Gasteiger partial charge in [0.05, 0.1) is 0 Å². The predicted octanol–water partition coefficient (Wildman–Crippen LogP) is 0.936. The summed E-state index contributed by atoms with van der Waals surface area (Å²) in [4.78, 5) is 15.0. The van der Waals surface area contributed by atoms with Crippen LogP contribution in [0.15, 0.2) is 18.2 Å². The van der Waals surface area contributed by atoms with Crippen LogP contribution in [0.1, 0.15) is 19.4 Å². The first-order valence-electron chi connectivity index (χ1n) is 7.55. The van der Waals surface area contributed by atoms with Gasteiger partial charge in [0.15, 0.2) is 11.5 Å². The maximum absolute atomic E-state index is 10.4. The minimum Gasteiger partial charge on any atom is -0.487 e. The Labute approximate surface area is 134 Å². The molecular formula is C15H22N2O6. The maximum atomic E-state index is 10.4. The summed E-state index contributed by atoms with van der Waals surface area (Å²) in [5.74, 6) is 1.07. The molecule has 1 aliphatic heterocycles. The highest BCUT2D eigenvalue weighted by Crippen LogP contribution is 2.35. The number of para-hydroxylation sites is 1. The Hall–Kier alpha value is -2.06. The molecule has 23 heavy (non-hydrogen) atoms. The van der Waals surface area contributed by atoms with Gasteiger partial charge in [-0.2, -0.15) is 0 Å². The lowest BCUT2D eigenvalue weighted by atomic mass is 10.0. The highest BCUT2D eigenvalue weighted by Gasteiger charge is 2.25. The maximum Gasteiger partial charge on any atom is 0.294 e. The molecule has 0 unspecified atom stereocenters. The van der Waals surface area contributed by atoms with Crippen LogP contribution in [0.5, 0.6) is 11.5 Å². The van der Waals surface area contributed by atoms with Gasteiger partial charge in [0.2, 0.25) is 0 Å². The third-order valence-corrected chi connectivity index (χ3v) is 3.35. The minimum atomic E-state index is -0.808. The van der Waals surface area contributed by atoms with Gasteiger partial charge in [-0.25, -0.2) is 0 Å². The van der Waals surface area contributed by atoms with E-state index in [4.69, 9.17) is 9.47 Å². The van der Waals surface area contributed by atoms with Crippen molar-refractivity contribution >= 4 is 0 Å². The average Bonchev–Trinajstić information content (AvgIpc) is 2.49. The lowest BCUT2D eigenvalue weighted by Gasteiger charge is -2.25. The van der Waals surface area contributed by atoms with Crippen LogP contribution >= 0.6 is 0 Å². The third-order valence-electron chi connectivity index (χ3n) is 3.35. The Morgan fingerprint density at radius 1 is 1.52 bits per heavy atom. The fraction of sp³-hybridized carbons (Fsp3) is 0.600. The predicted molar refractivity (Wildman–Crippen MR) is 82.1 cm³/mol. The molecule has 0 saturated carbocycles. The summed E-state index contributed by atoms with van der Waals surface area (Å²) in [5.41, 5.74) is 0.787. The van der Waals surface area contributed by atoms with Crippen LogP contribution in [-0.2, 0) is 11.3 Å². The van der Waals surface area contributed by atoms with Gasteiger partial charge in [-0.05, 0) is 6.07 Å². The second-order valence-electron chi connectivity index (χ2n) is 5.74. The van der Waals surface area contributed by atoms with Crippen molar-refractivity contribution in [3.05, 3.63) is 33.9 Å². The fourth-order valence-electron chi connectivity index (χ4n) is 2.29. The normalized spacial score (nSPS) is 18.0. The summed E-state index contributed by atoms with van der Waals surface area (Å²) in [6, 6.07) is 5.63. The van der Waals surface area contributed by atoms with E-state index in [1.54, 1.807) is 12.1 Å². The van der Waals surface area contributed by atoms with E-state index in [0.29, 0.717) is 24.5 Å². The molecule has 8 nitrogen and oxygen atoms in total. The Balaban J connectivity index is 1.93. The number of hydrogen-bond acceptors (Lipinski definition) is 7. The van der Waals surface area contributed by atoms with Crippen molar-refractivity contribution in [3.63, 3.8) is 0 Å². The summed E-state index contributed by atoms with van der Waals surface area (Å²) in [5, 5.41) is 22.6. The molecule has 8 heteroatoms. The molecule has 1 heterocycles. The van der Waals surface area contributed by atoms with Gasteiger partial charge in [-0.1, -0.05) is 26.0 Å². The zero-order valence-electron chi connectivity index (χ0n) is 13.2. The molecule has 2 rings (SSSR count). The zero-order valence-corrected chi connectivity index (χ0v) is 13.2. The summed E-state index contributed by atoms with van der Waals surface area (Å²) >= 11 is 0. The highest BCUT2D eigenvalue weighted by atomic mass is 17.0.